The van der Waals surface area contributed by atoms with Crippen LogP contribution in [0.2, 0.25) is 0 Å². The Morgan fingerprint density at radius 3 is 2.70 bits per heavy atom. The van der Waals surface area contributed by atoms with E-state index < -0.39 is 6.04 Å². The zero-order valence-corrected chi connectivity index (χ0v) is 24.9. The number of aromatic nitrogens is 3. The summed E-state index contributed by atoms with van der Waals surface area (Å²) in [5.74, 6) is 0.0239. The second-order valence-electron chi connectivity index (χ2n) is 12.1. The van der Waals surface area contributed by atoms with Gasteiger partial charge < -0.3 is 24.3 Å². The summed E-state index contributed by atoms with van der Waals surface area (Å²) in [6.45, 7) is 6.33. The summed E-state index contributed by atoms with van der Waals surface area (Å²) >= 11 is 0. The first-order valence-electron chi connectivity index (χ1n) is 15.0. The molecule has 43 heavy (non-hydrogen) atoms. The average Bonchev–Trinajstić information content (AvgIpc) is 3.39. The van der Waals surface area contributed by atoms with Crippen molar-refractivity contribution in [1.29, 1.82) is 0 Å². The Hall–Kier alpha value is -4.12. The minimum Gasteiger partial charge on any atom is -0.424 e. The van der Waals surface area contributed by atoms with Crippen molar-refractivity contribution in [3.63, 3.8) is 0 Å². The summed E-state index contributed by atoms with van der Waals surface area (Å²) < 4.78 is 13.8. The van der Waals surface area contributed by atoms with Gasteiger partial charge in [-0.2, -0.15) is 0 Å². The van der Waals surface area contributed by atoms with Gasteiger partial charge in [-0.15, -0.1) is 0 Å². The summed E-state index contributed by atoms with van der Waals surface area (Å²) in [6.07, 6.45) is 8.54. The van der Waals surface area contributed by atoms with Crippen LogP contribution in [0.15, 0.2) is 30.7 Å². The molecule has 1 aromatic carbocycles. The first-order chi connectivity index (χ1) is 20.7. The summed E-state index contributed by atoms with van der Waals surface area (Å²) in [5.41, 5.74) is 2.46. The third-order valence-corrected chi connectivity index (χ3v) is 8.91. The molecule has 2 amide bonds. The third kappa shape index (κ3) is 5.65. The maximum absolute atomic E-state index is 14.0. The van der Waals surface area contributed by atoms with Gasteiger partial charge in [-0.25, -0.2) is 9.97 Å². The molecule has 2 fully saturated rings. The molecule has 11 heteroatoms. The number of carbonyl (C=O) groups excluding carboxylic acids is 4. The molecule has 2 aromatic heterocycles. The molecule has 0 radical (unpaired) electrons. The lowest BCUT2D eigenvalue weighted by Gasteiger charge is -2.27. The number of amides is 2. The molecule has 2 bridgehead atoms. The molecule has 2 aliphatic heterocycles. The lowest BCUT2D eigenvalue weighted by atomic mass is 9.97. The summed E-state index contributed by atoms with van der Waals surface area (Å²) in [4.78, 5) is 62.9. The number of aryl methyl sites for hydroxylation is 1. The van der Waals surface area contributed by atoms with Gasteiger partial charge in [0.15, 0.2) is 11.6 Å². The van der Waals surface area contributed by atoms with Crippen LogP contribution in [0.4, 0.5) is 0 Å². The number of hydrogen-bond acceptors (Lipinski definition) is 8. The van der Waals surface area contributed by atoms with Gasteiger partial charge in [0.25, 0.3) is 0 Å². The second-order valence-corrected chi connectivity index (χ2v) is 12.1. The Labute approximate surface area is 249 Å². The van der Waals surface area contributed by atoms with Gasteiger partial charge in [0, 0.05) is 67.0 Å². The molecule has 1 N–H and O–H groups in total. The van der Waals surface area contributed by atoms with Crippen LogP contribution >= 0.6 is 0 Å². The normalized spacial score (nSPS) is 24.3. The zero-order chi connectivity index (χ0) is 30.3. The Balaban J connectivity index is 1.42. The fourth-order valence-corrected chi connectivity index (χ4v) is 6.62. The maximum atomic E-state index is 14.0. The van der Waals surface area contributed by atoms with Crippen LogP contribution in [0.3, 0.4) is 0 Å². The van der Waals surface area contributed by atoms with Gasteiger partial charge in [0.05, 0.1) is 18.2 Å². The van der Waals surface area contributed by atoms with Crippen LogP contribution in [0.5, 0.6) is 11.8 Å². The van der Waals surface area contributed by atoms with Crippen LogP contribution in [-0.2, 0) is 32.2 Å². The van der Waals surface area contributed by atoms with Crippen molar-refractivity contribution in [2.24, 2.45) is 5.41 Å². The van der Waals surface area contributed by atoms with E-state index in [1.807, 2.05) is 13.8 Å². The smallest absolute Gasteiger partial charge is 0.321 e. The Bertz CT molecular complexity index is 1600. The molecular weight excluding hydrogens is 550 g/mol. The van der Waals surface area contributed by atoms with Crippen molar-refractivity contribution >= 4 is 34.3 Å². The molecule has 0 spiro atoms. The predicted octanol–water partition coefficient (Wildman–Crippen LogP) is 3.89. The molecule has 3 aliphatic rings. The highest BCUT2D eigenvalue weighted by atomic mass is 16.5. The number of piperidine rings is 1. The molecule has 0 unspecified atom stereocenters. The van der Waals surface area contributed by atoms with Gasteiger partial charge in [0.1, 0.15) is 12.3 Å². The van der Waals surface area contributed by atoms with E-state index in [0.29, 0.717) is 66.7 Å². The first kappa shape index (κ1) is 29.0. The van der Waals surface area contributed by atoms with E-state index in [4.69, 9.17) is 9.47 Å². The van der Waals surface area contributed by atoms with E-state index in [1.54, 1.807) is 40.2 Å². The number of ether oxygens (including phenoxy) is 2. The molecule has 1 saturated heterocycles. The molecule has 3 aromatic rings. The fourth-order valence-electron chi connectivity index (χ4n) is 6.62. The molecule has 3 atom stereocenters. The summed E-state index contributed by atoms with van der Waals surface area (Å²) in [6, 6.07) is 3.17. The van der Waals surface area contributed by atoms with E-state index in [9.17, 15) is 19.2 Å². The second kappa shape index (κ2) is 11.5. The highest BCUT2D eigenvalue weighted by molar-refractivity contribution is 6.08. The number of nitrogens with one attached hydrogen (secondary N) is 1. The van der Waals surface area contributed by atoms with Crippen molar-refractivity contribution in [3.8, 4) is 11.8 Å². The van der Waals surface area contributed by atoms with Crippen molar-refractivity contribution in [2.45, 2.75) is 84.5 Å². The van der Waals surface area contributed by atoms with Gasteiger partial charge in [-0.3, -0.25) is 19.2 Å². The van der Waals surface area contributed by atoms with Crippen LogP contribution in [0.25, 0.3) is 10.9 Å². The van der Waals surface area contributed by atoms with E-state index in [2.05, 4.69) is 15.3 Å². The number of Topliss-reactive ketones (excluding diaryl/α,β-unsaturated/α-hetero) is 2. The van der Waals surface area contributed by atoms with E-state index in [-0.39, 0.29) is 53.9 Å². The highest BCUT2D eigenvalue weighted by Gasteiger charge is 2.66. The van der Waals surface area contributed by atoms with Gasteiger partial charge in [0.2, 0.25) is 11.8 Å². The Morgan fingerprint density at radius 1 is 1.16 bits per heavy atom. The minimum absolute atomic E-state index is 0.0393. The number of hydrogen-bond donors (Lipinski definition) is 1. The average molecular weight is 588 g/mol. The Kier molecular flexibility index (Phi) is 7.76. The van der Waals surface area contributed by atoms with Crippen LogP contribution in [0.1, 0.15) is 73.9 Å². The molecule has 226 valence electrons. The van der Waals surface area contributed by atoms with Crippen molar-refractivity contribution in [1.82, 2.24) is 24.8 Å². The fraction of sp³-hybridized carbons (Fsp3) is 0.500. The van der Waals surface area contributed by atoms with Gasteiger partial charge in [-0.1, -0.05) is 6.92 Å². The van der Waals surface area contributed by atoms with Crippen LogP contribution in [-0.4, -0.2) is 68.1 Å². The van der Waals surface area contributed by atoms with E-state index >= 15 is 0 Å². The standard InChI is InChI=1S/C32H37N5O6/c1-4-26(39)25-11-32-12-27(32)37(25)29(41)17-36-16-24(20(3)38)23-10-22(43-31-34-13-19(2)14-35-31)9-21(30(23)36)15-33-28(40)7-5-6-8-42-18-32/h9-10,13-14,16,25,27H,4-8,11-12,15,17-18H2,1-3H3,(H,33,40)/t25-,27+,32-/m0/s1. The van der Waals surface area contributed by atoms with Crippen molar-refractivity contribution < 1.29 is 28.7 Å². The number of nitrogens with zero attached hydrogens (tertiary/aromatic N) is 4. The largest absolute Gasteiger partial charge is 0.424 e. The first-order valence-corrected chi connectivity index (χ1v) is 15.0. The van der Waals surface area contributed by atoms with E-state index in [0.717, 1.165) is 18.4 Å². The van der Waals surface area contributed by atoms with Gasteiger partial charge in [-0.05, 0) is 62.8 Å². The van der Waals surface area contributed by atoms with Gasteiger partial charge >= 0.3 is 6.01 Å². The van der Waals surface area contributed by atoms with Crippen molar-refractivity contribution in [2.75, 3.05) is 13.2 Å². The number of carbonyl (C=O) groups is 4. The molecule has 4 heterocycles. The lowest BCUT2D eigenvalue weighted by molar-refractivity contribution is -0.139. The number of benzene rings is 1. The van der Waals surface area contributed by atoms with Crippen LogP contribution in [0, 0.1) is 12.3 Å². The van der Waals surface area contributed by atoms with Crippen LogP contribution < -0.4 is 10.1 Å². The number of ketones is 2. The maximum Gasteiger partial charge on any atom is 0.321 e. The van der Waals surface area contributed by atoms with Crippen molar-refractivity contribution in [3.05, 3.63) is 47.4 Å². The molecule has 11 nitrogen and oxygen atoms in total. The highest BCUT2D eigenvalue weighted by Crippen LogP contribution is 2.60. The SMILES string of the molecule is CCC(=O)[C@@H]1C[C@]23COCCCCC(=O)NCc4cc(Oc5ncc(C)cn5)cc5c(C(C)=O)cn(c45)CC(=O)N1[C@@H]2C3. The molecule has 1 aliphatic carbocycles. The topological polar surface area (TPSA) is 133 Å². The quantitative estimate of drug-likeness (QED) is 0.445. The Morgan fingerprint density at radius 2 is 1.95 bits per heavy atom. The number of rotatable bonds is 5. The molecule has 6 rings (SSSR count). The predicted molar refractivity (Wildman–Crippen MR) is 157 cm³/mol. The monoisotopic (exact) mass is 587 g/mol. The zero-order valence-electron chi connectivity index (χ0n) is 24.9. The molecule has 1 saturated carbocycles. The third-order valence-electron chi connectivity index (χ3n) is 8.91. The van der Waals surface area contributed by atoms with E-state index in [1.165, 1.54) is 6.92 Å². The lowest BCUT2D eigenvalue weighted by Crippen LogP contribution is -2.44. The molecular formula is C32H37N5O6. The minimum atomic E-state index is -0.471. The summed E-state index contributed by atoms with van der Waals surface area (Å²) in [7, 11) is 0. The summed E-state index contributed by atoms with van der Waals surface area (Å²) in [5, 5.41) is 3.59.